The Kier molecular flexibility index (Phi) is 2.30. The van der Waals surface area contributed by atoms with Gasteiger partial charge in [-0.2, -0.15) is 0 Å². The first-order chi connectivity index (χ1) is 6.29. The van der Waals surface area contributed by atoms with Crippen molar-refractivity contribution in [2.45, 2.75) is 33.1 Å². The van der Waals surface area contributed by atoms with E-state index in [0.717, 1.165) is 0 Å². The van der Waals surface area contributed by atoms with Crippen molar-refractivity contribution in [2.24, 2.45) is 0 Å². The van der Waals surface area contributed by atoms with Gasteiger partial charge in [-0.1, -0.05) is 0 Å². The normalized spacial score (nSPS) is 17.8. The summed E-state index contributed by atoms with van der Waals surface area (Å²) in [6, 6.07) is 4.40. The Morgan fingerprint density at radius 1 is 0.923 bits per heavy atom. The van der Waals surface area contributed by atoms with Crippen LogP contribution in [-0.4, -0.2) is 17.8 Å². The quantitative estimate of drug-likeness (QED) is 0.640. The predicted molar refractivity (Wildman–Crippen MR) is 55.7 cm³/mol. The number of aromatic nitrogens is 1. The molecule has 1 aliphatic rings. The Hall–Kier alpha value is -0.920. The third kappa shape index (κ3) is 1.58. The average Bonchev–Trinajstić information content (AvgIpc) is 2.48. The number of nitrogens with zero attached hydrogens (tertiary/aromatic N) is 2. The first-order valence-corrected chi connectivity index (χ1v) is 5.19. The molecular formula is C11H18N2. The first-order valence-electron chi connectivity index (χ1n) is 5.19. The summed E-state index contributed by atoms with van der Waals surface area (Å²) >= 11 is 0. The lowest BCUT2D eigenvalue weighted by molar-refractivity contribution is 0.469. The van der Waals surface area contributed by atoms with E-state index >= 15 is 0 Å². The molecule has 0 radical (unpaired) electrons. The van der Waals surface area contributed by atoms with Gasteiger partial charge in [0, 0.05) is 24.5 Å². The van der Waals surface area contributed by atoms with Crippen molar-refractivity contribution in [1.29, 1.82) is 0 Å². The van der Waals surface area contributed by atoms with Crippen molar-refractivity contribution < 1.29 is 0 Å². The standard InChI is InChI=1S/C11H18N2/c1-10-6-7-11(2)13(10)12-8-4-3-5-9-12/h6-7H,3-5,8-9H2,1-2H3. The van der Waals surface area contributed by atoms with Crippen molar-refractivity contribution in [2.75, 3.05) is 18.1 Å². The third-order valence-corrected chi connectivity index (χ3v) is 2.85. The number of hydrogen-bond acceptors (Lipinski definition) is 1. The van der Waals surface area contributed by atoms with Gasteiger partial charge in [0.1, 0.15) is 0 Å². The van der Waals surface area contributed by atoms with Gasteiger partial charge in [0.25, 0.3) is 0 Å². The zero-order valence-corrected chi connectivity index (χ0v) is 8.58. The molecule has 0 bridgehead atoms. The zero-order chi connectivity index (χ0) is 9.26. The number of aryl methyl sites for hydroxylation is 2. The summed E-state index contributed by atoms with van der Waals surface area (Å²) in [6.45, 7) is 6.80. The lowest BCUT2D eigenvalue weighted by Gasteiger charge is -2.32. The maximum absolute atomic E-state index is 2.47. The number of hydrogen-bond donors (Lipinski definition) is 0. The fourth-order valence-corrected chi connectivity index (χ4v) is 2.18. The fraction of sp³-hybridized carbons (Fsp3) is 0.636. The molecule has 13 heavy (non-hydrogen) atoms. The van der Waals surface area contributed by atoms with E-state index in [1.54, 1.807) is 0 Å². The third-order valence-electron chi connectivity index (χ3n) is 2.85. The van der Waals surface area contributed by atoms with Gasteiger partial charge in [-0.3, -0.25) is 4.68 Å². The van der Waals surface area contributed by atoms with Crippen LogP contribution in [0.3, 0.4) is 0 Å². The summed E-state index contributed by atoms with van der Waals surface area (Å²) in [7, 11) is 0. The Labute approximate surface area is 80.1 Å². The monoisotopic (exact) mass is 178 g/mol. The molecule has 1 saturated heterocycles. The molecule has 72 valence electrons. The van der Waals surface area contributed by atoms with E-state index in [-0.39, 0.29) is 0 Å². The van der Waals surface area contributed by atoms with Crippen LogP contribution in [-0.2, 0) is 0 Å². The topological polar surface area (TPSA) is 8.17 Å². The van der Waals surface area contributed by atoms with Crippen molar-refractivity contribution in [3.63, 3.8) is 0 Å². The minimum atomic E-state index is 1.22. The zero-order valence-electron chi connectivity index (χ0n) is 8.58. The maximum Gasteiger partial charge on any atom is 0.0368 e. The summed E-state index contributed by atoms with van der Waals surface area (Å²) in [6.07, 6.45) is 4.09. The highest BCUT2D eigenvalue weighted by atomic mass is 15.5. The van der Waals surface area contributed by atoms with Crippen LogP contribution in [0, 0.1) is 13.8 Å². The molecular weight excluding hydrogens is 160 g/mol. The molecule has 0 amide bonds. The number of rotatable bonds is 1. The van der Waals surface area contributed by atoms with Crippen LogP contribution in [0.1, 0.15) is 30.7 Å². The minimum absolute atomic E-state index is 1.22. The van der Waals surface area contributed by atoms with Gasteiger partial charge < -0.3 is 5.01 Å². The van der Waals surface area contributed by atoms with Crippen molar-refractivity contribution in [3.05, 3.63) is 23.5 Å². The van der Waals surface area contributed by atoms with Crippen LogP contribution in [0.5, 0.6) is 0 Å². The molecule has 1 fully saturated rings. The molecule has 1 aromatic rings. The molecule has 2 heteroatoms. The molecule has 2 rings (SSSR count). The van der Waals surface area contributed by atoms with E-state index in [1.165, 1.54) is 43.7 Å². The van der Waals surface area contributed by atoms with Crippen molar-refractivity contribution in [1.82, 2.24) is 4.68 Å². The molecule has 0 spiro atoms. The lowest BCUT2D eigenvalue weighted by atomic mass is 10.2. The second-order valence-electron chi connectivity index (χ2n) is 3.94. The Morgan fingerprint density at radius 2 is 1.46 bits per heavy atom. The molecule has 1 aromatic heterocycles. The van der Waals surface area contributed by atoms with Gasteiger partial charge in [-0.05, 0) is 45.2 Å². The lowest BCUT2D eigenvalue weighted by Crippen LogP contribution is -2.40. The van der Waals surface area contributed by atoms with Gasteiger partial charge >= 0.3 is 0 Å². The highest BCUT2D eigenvalue weighted by Gasteiger charge is 2.12. The number of piperidine rings is 1. The molecule has 2 nitrogen and oxygen atoms in total. The SMILES string of the molecule is Cc1ccc(C)n1N1CCCCC1. The molecule has 0 N–H and O–H groups in total. The molecule has 0 aliphatic carbocycles. The molecule has 0 atom stereocenters. The predicted octanol–water partition coefficient (Wildman–Crippen LogP) is 2.23. The second kappa shape index (κ2) is 3.44. The molecule has 0 saturated carbocycles. The Balaban J connectivity index is 2.22. The largest absolute Gasteiger partial charge is 0.313 e. The van der Waals surface area contributed by atoms with Gasteiger partial charge in [-0.25, -0.2) is 0 Å². The van der Waals surface area contributed by atoms with Gasteiger partial charge in [0.15, 0.2) is 0 Å². The van der Waals surface area contributed by atoms with Crippen molar-refractivity contribution >= 4 is 0 Å². The van der Waals surface area contributed by atoms with Crippen LogP contribution >= 0.6 is 0 Å². The van der Waals surface area contributed by atoms with Crippen LogP contribution in [0.2, 0.25) is 0 Å². The van der Waals surface area contributed by atoms with E-state index in [0.29, 0.717) is 0 Å². The Bertz CT molecular complexity index is 263. The smallest absolute Gasteiger partial charge is 0.0368 e. The summed E-state index contributed by atoms with van der Waals surface area (Å²) in [5.74, 6) is 0. The van der Waals surface area contributed by atoms with E-state index in [4.69, 9.17) is 0 Å². The van der Waals surface area contributed by atoms with Crippen molar-refractivity contribution in [3.8, 4) is 0 Å². The minimum Gasteiger partial charge on any atom is -0.313 e. The van der Waals surface area contributed by atoms with E-state index in [2.05, 4.69) is 35.7 Å². The first kappa shape index (κ1) is 8.67. The highest BCUT2D eigenvalue weighted by molar-refractivity contribution is 5.17. The van der Waals surface area contributed by atoms with Gasteiger partial charge in [0.2, 0.25) is 0 Å². The van der Waals surface area contributed by atoms with E-state index < -0.39 is 0 Å². The van der Waals surface area contributed by atoms with Gasteiger partial charge in [0.05, 0.1) is 0 Å². The van der Waals surface area contributed by atoms with Crippen LogP contribution in [0.4, 0.5) is 0 Å². The molecule has 1 aliphatic heterocycles. The molecule has 0 unspecified atom stereocenters. The van der Waals surface area contributed by atoms with Crippen LogP contribution in [0.15, 0.2) is 12.1 Å². The Morgan fingerprint density at radius 3 is 2.00 bits per heavy atom. The van der Waals surface area contributed by atoms with Crippen LogP contribution < -0.4 is 5.01 Å². The highest BCUT2D eigenvalue weighted by Crippen LogP contribution is 2.13. The molecule has 0 aromatic carbocycles. The fourth-order valence-electron chi connectivity index (χ4n) is 2.18. The molecule has 2 heterocycles. The summed E-state index contributed by atoms with van der Waals surface area (Å²) in [5.41, 5.74) is 2.72. The second-order valence-corrected chi connectivity index (χ2v) is 3.94. The maximum atomic E-state index is 2.47. The van der Waals surface area contributed by atoms with Gasteiger partial charge in [-0.15, -0.1) is 0 Å². The van der Waals surface area contributed by atoms with E-state index in [1.807, 2.05) is 0 Å². The summed E-state index contributed by atoms with van der Waals surface area (Å²) < 4.78 is 2.36. The summed E-state index contributed by atoms with van der Waals surface area (Å²) in [4.78, 5) is 0. The van der Waals surface area contributed by atoms with E-state index in [9.17, 15) is 0 Å². The summed E-state index contributed by atoms with van der Waals surface area (Å²) in [5, 5.41) is 2.47. The average molecular weight is 178 g/mol. The van der Waals surface area contributed by atoms with Crippen LogP contribution in [0.25, 0.3) is 0 Å².